The number of methoxy groups -OCH3 is 1. The van der Waals surface area contributed by atoms with Crippen LogP contribution >= 0.6 is 0 Å². The average Bonchev–Trinajstić information content (AvgIpc) is 2.67. The summed E-state index contributed by atoms with van der Waals surface area (Å²) in [5.41, 5.74) is 1.21. The van der Waals surface area contributed by atoms with Crippen LogP contribution in [0, 0.1) is 0 Å². The van der Waals surface area contributed by atoms with Crippen LogP contribution < -0.4 is 19.1 Å². The van der Waals surface area contributed by atoms with Crippen molar-refractivity contribution in [3.8, 4) is 11.5 Å². The van der Waals surface area contributed by atoms with E-state index in [1.807, 2.05) is 31.2 Å². The fourth-order valence-electron chi connectivity index (χ4n) is 2.81. The van der Waals surface area contributed by atoms with E-state index in [1.54, 1.807) is 31.2 Å². The second-order valence-electron chi connectivity index (χ2n) is 6.19. The fraction of sp³-hybridized carbons (Fsp3) is 0.350. The highest BCUT2D eigenvalue weighted by Gasteiger charge is 2.29. The first kappa shape index (κ1) is 21.6. The van der Waals surface area contributed by atoms with Crippen molar-refractivity contribution in [1.29, 1.82) is 0 Å². The molecule has 2 aromatic rings. The number of ether oxygens (including phenoxy) is 2. The highest BCUT2D eigenvalue weighted by atomic mass is 32.2. The Labute approximate surface area is 166 Å². The topological polar surface area (TPSA) is 84.9 Å². The minimum Gasteiger partial charge on any atom is -0.497 e. The predicted octanol–water partition coefficient (Wildman–Crippen LogP) is 2.56. The SMILES string of the molecule is CCOc1ccccc1CNC(=O)[C@H](C)N(c1ccc(OC)cc1)S(C)(=O)=O. The first-order valence-electron chi connectivity index (χ1n) is 8.89. The van der Waals surface area contributed by atoms with Gasteiger partial charge in [0, 0.05) is 12.1 Å². The molecular formula is C20H26N2O5S. The van der Waals surface area contributed by atoms with Gasteiger partial charge in [0.05, 0.1) is 25.7 Å². The predicted molar refractivity (Wildman–Crippen MR) is 109 cm³/mol. The lowest BCUT2D eigenvalue weighted by Gasteiger charge is -2.28. The monoisotopic (exact) mass is 406 g/mol. The molecule has 28 heavy (non-hydrogen) atoms. The summed E-state index contributed by atoms with van der Waals surface area (Å²) in [7, 11) is -2.15. The number of hydrogen-bond acceptors (Lipinski definition) is 5. The molecule has 0 bridgehead atoms. The molecule has 0 aliphatic heterocycles. The van der Waals surface area contributed by atoms with Crippen molar-refractivity contribution in [2.24, 2.45) is 0 Å². The van der Waals surface area contributed by atoms with E-state index >= 15 is 0 Å². The summed E-state index contributed by atoms with van der Waals surface area (Å²) in [6.45, 7) is 4.19. The lowest BCUT2D eigenvalue weighted by atomic mass is 10.2. The van der Waals surface area contributed by atoms with Gasteiger partial charge in [-0.05, 0) is 44.2 Å². The zero-order chi connectivity index (χ0) is 20.7. The van der Waals surface area contributed by atoms with Gasteiger partial charge in [-0.15, -0.1) is 0 Å². The van der Waals surface area contributed by atoms with Crippen molar-refractivity contribution in [1.82, 2.24) is 5.32 Å². The Morgan fingerprint density at radius 3 is 2.36 bits per heavy atom. The molecule has 0 unspecified atom stereocenters. The molecule has 0 aromatic heterocycles. The van der Waals surface area contributed by atoms with Gasteiger partial charge in [-0.2, -0.15) is 0 Å². The maximum absolute atomic E-state index is 12.7. The smallest absolute Gasteiger partial charge is 0.243 e. The molecule has 0 saturated heterocycles. The molecule has 1 N–H and O–H groups in total. The van der Waals surface area contributed by atoms with E-state index in [0.29, 0.717) is 23.8 Å². The molecule has 1 amide bonds. The van der Waals surface area contributed by atoms with Crippen molar-refractivity contribution in [2.45, 2.75) is 26.4 Å². The fourth-order valence-corrected chi connectivity index (χ4v) is 3.99. The molecule has 0 heterocycles. The number of rotatable bonds is 9. The summed E-state index contributed by atoms with van der Waals surface area (Å²) in [5.74, 6) is 0.877. The van der Waals surface area contributed by atoms with Gasteiger partial charge in [0.2, 0.25) is 15.9 Å². The normalized spacial score (nSPS) is 12.1. The van der Waals surface area contributed by atoms with Gasteiger partial charge in [-0.1, -0.05) is 18.2 Å². The second kappa shape index (κ2) is 9.45. The first-order chi connectivity index (χ1) is 13.3. The molecule has 0 saturated carbocycles. The molecule has 152 valence electrons. The Kier molecular flexibility index (Phi) is 7.28. The van der Waals surface area contributed by atoms with E-state index in [2.05, 4.69) is 5.32 Å². The maximum atomic E-state index is 12.7. The van der Waals surface area contributed by atoms with Crippen LogP contribution in [0.2, 0.25) is 0 Å². The second-order valence-corrected chi connectivity index (χ2v) is 8.05. The lowest BCUT2D eigenvalue weighted by Crippen LogP contribution is -2.47. The molecule has 7 nitrogen and oxygen atoms in total. The Balaban J connectivity index is 2.18. The Bertz CT molecular complexity index is 897. The third kappa shape index (κ3) is 5.39. The van der Waals surface area contributed by atoms with Crippen molar-refractivity contribution >= 4 is 21.6 Å². The number of nitrogens with one attached hydrogen (secondary N) is 1. The number of sulfonamides is 1. The molecule has 0 aliphatic rings. The zero-order valence-corrected chi connectivity index (χ0v) is 17.3. The number of para-hydroxylation sites is 1. The number of hydrogen-bond donors (Lipinski definition) is 1. The van der Waals surface area contributed by atoms with Gasteiger partial charge < -0.3 is 14.8 Å². The van der Waals surface area contributed by atoms with Gasteiger partial charge in [-0.25, -0.2) is 8.42 Å². The highest BCUT2D eigenvalue weighted by Crippen LogP contribution is 2.24. The van der Waals surface area contributed by atoms with Crippen molar-refractivity contribution in [3.05, 3.63) is 54.1 Å². The van der Waals surface area contributed by atoms with Gasteiger partial charge in [-0.3, -0.25) is 9.10 Å². The number of anilines is 1. The van der Waals surface area contributed by atoms with Crippen LogP contribution in [-0.2, 0) is 21.4 Å². The molecule has 1 atom stereocenters. The van der Waals surface area contributed by atoms with Crippen LogP contribution in [-0.4, -0.2) is 40.3 Å². The van der Waals surface area contributed by atoms with Crippen LogP contribution in [0.15, 0.2) is 48.5 Å². The first-order valence-corrected chi connectivity index (χ1v) is 10.7. The van der Waals surface area contributed by atoms with Crippen molar-refractivity contribution in [2.75, 3.05) is 24.3 Å². The minimum absolute atomic E-state index is 0.236. The lowest BCUT2D eigenvalue weighted by molar-refractivity contribution is -0.122. The summed E-state index contributed by atoms with van der Waals surface area (Å²) in [5, 5.41) is 2.79. The number of amides is 1. The molecule has 2 rings (SSSR count). The van der Waals surface area contributed by atoms with E-state index in [9.17, 15) is 13.2 Å². The van der Waals surface area contributed by atoms with Gasteiger partial charge in [0.15, 0.2) is 0 Å². The van der Waals surface area contributed by atoms with Crippen LogP contribution in [0.25, 0.3) is 0 Å². The summed E-state index contributed by atoms with van der Waals surface area (Å²) < 4.78 is 36.4. The highest BCUT2D eigenvalue weighted by molar-refractivity contribution is 7.92. The number of nitrogens with zero attached hydrogens (tertiary/aromatic N) is 1. The van der Waals surface area contributed by atoms with Crippen LogP contribution in [0.3, 0.4) is 0 Å². The van der Waals surface area contributed by atoms with E-state index in [4.69, 9.17) is 9.47 Å². The summed E-state index contributed by atoms with van der Waals surface area (Å²) >= 11 is 0. The molecular weight excluding hydrogens is 380 g/mol. The molecule has 2 aromatic carbocycles. The Morgan fingerprint density at radius 2 is 1.79 bits per heavy atom. The molecule has 0 aliphatic carbocycles. The summed E-state index contributed by atoms with van der Waals surface area (Å²) in [4.78, 5) is 12.7. The molecule has 0 spiro atoms. The number of benzene rings is 2. The molecule has 0 fully saturated rings. The van der Waals surface area contributed by atoms with Crippen LogP contribution in [0.1, 0.15) is 19.4 Å². The van der Waals surface area contributed by atoms with Crippen molar-refractivity contribution in [3.63, 3.8) is 0 Å². The largest absolute Gasteiger partial charge is 0.497 e. The zero-order valence-electron chi connectivity index (χ0n) is 16.5. The number of carbonyl (C=O) groups excluding carboxylic acids is 1. The van der Waals surface area contributed by atoms with Crippen LogP contribution in [0.4, 0.5) is 5.69 Å². The van der Waals surface area contributed by atoms with E-state index in [-0.39, 0.29) is 6.54 Å². The van der Waals surface area contributed by atoms with Gasteiger partial charge in [0.25, 0.3) is 0 Å². The number of carbonyl (C=O) groups is 1. The quantitative estimate of drug-likeness (QED) is 0.692. The van der Waals surface area contributed by atoms with E-state index in [0.717, 1.165) is 16.1 Å². The minimum atomic E-state index is -3.67. The third-order valence-corrected chi connectivity index (χ3v) is 5.38. The summed E-state index contributed by atoms with van der Waals surface area (Å²) in [6, 6.07) is 13.0. The summed E-state index contributed by atoms with van der Waals surface area (Å²) in [6.07, 6.45) is 1.07. The standard InChI is InChI=1S/C20H26N2O5S/c1-5-27-19-9-7-6-8-16(19)14-21-20(23)15(2)22(28(4,24)25)17-10-12-18(26-3)13-11-17/h6-13,15H,5,14H2,1-4H3,(H,21,23)/t15-/m0/s1. The molecule has 8 heteroatoms. The van der Waals surface area contributed by atoms with Gasteiger partial charge in [0.1, 0.15) is 17.5 Å². The van der Waals surface area contributed by atoms with Crippen LogP contribution in [0.5, 0.6) is 11.5 Å². The Hall–Kier alpha value is -2.74. The molecule has 0 radical (unpaired) electrons. The van der Waals surface area contributed by atoms with E-state index in [1.165, 1.54) is 7.11 Å². The van der Waals surface area contributed by atoms with E-state index < -0.39 is 22.0 Å². The maximum Gasteiger partial charge on any atom is 0.243 e. The van der Waals surface area contributed by atoms with Gasteiger partial charge >= 0.3 is 0 Å². The average molecular weight is 407 g/mol. The third-order valence-electron chi connectivity index (χ3n) is 4.14. The Morgan fingerprint density at radius 1 is 1.14 bits per heavy atom. The van der Waals surface area contributed by atoms with Crippen molar-refractivity contribution < 1.29 is 22.7 Å².